The first-order chi connectivity index (χ1) is 17.1. The van der Waals surface area contributed by atoms with Crippen molar-refractivity contribution in [3.63, 3.8) is 0 Å². The van der Waals surface area contributed by atoms with Gasteiger partial charge in [-0.3, -0.25) is 4.98 Å². The molecule has 2 unspecified atom stereocenters. The second kappa shape index (κ2) is 8.64. The van der Waals surface area contributed by atoms with Gasteiger partial charge in [-0.1, -0.05) is 71.7 Å². The Morgan fingerprint density at radius 2 is 1.64 bits per heavy atom. The van der Waals surface area contributed by atoms with Crippen LogP contribution in [0.2, 0.25) is 0 Å². The first-order valence-corrected chi connectivity index (χ1v) is 14.2. The summed E-state index contributed by atoms with van der Waals surface area (Å²) >= 11 is 0. The number of rotatable bonds is 2. The Morgan fingerprint density at radius 1 is 0.972 bits per heavy atom. The molecule has 1 aromatic carbocycles. The maximum atomic E-state index is 11.6. The van der Waals surface area contributed by atoms with E-state index in [0.29, 0.717) is 5.92 Å². The number of ether oxygens (including phenoxy) is 2. The average molecular weight is 490 g/mol. The maximum absolute atomic E-state index is 11.6. The molecule has 3 heterocycles. The molecule has 4 nitrogen and oxygen atoms in total. The van der Waals surface area contributed by atoms with Gasteiger partial charge in [0.2, 0.25) is 0 Å². The quantitative estimate of drug-likeness (QED) is 0.486. The number of benzene rings is 1. The Bertz CT molecular complexity index is 1130. The lowest BCUT2D eigenvalue weighted by molar-refractivity contribution is -0.0581. The van der Waals surface area contributed by atoms with Crippen LogP contribution in [-0.2, 0) is 26.9 Å². The van der Waals surface area contributed by atoms with E-state index in [1.807, 2.05) is 0 Å². The molecule has 36 heavy (non-hydrogen) atoms. The largest absolute Gasteiger partial charge is 0.388 e. The molecule has 1 saturated heterocycles. The first-order valence-electron chi connectivity index (χ1n) is 14.2. The molecule has 6 rings (SSSR count). The molecule has 0 amide bonds. The van der Waals surface area contributed by atoms with Crippen molar-refractivity contribution in [2.75, 3.05) is 13.2 Å². The van der Waals surface area contributed by atoms with Crippen LogP contribution in [-0.4, -0.2) is 23.3 Å². The zero-order valence-corrected chi connectivity index (χ0v) is 22.8. The minimum atomic E-state index is -0.475. The highest BCUT2D eigenvalue weighted by atomic mass is 16.5. The van der Waals surface area contributed by atoms with Gasteiger partial charge in [-0.15, -0.1) is 0 Å². The summed E-state index contributed by atoms with van der Waals surface area (Å²) in [6, 6.07) is 9.09. The molecule has 1 spiro atoms. The molecular weight excluding hydrogens is 446 g/mol. The second-order valence-corrected chi connectivity index (χ2v) is 13.7. The molecule has 4 aliphatic rings. The molecule has 2 fully saturated rings. The average Bonchev–Trinajstić information content (AvgIpc) is 3.43. The van der Waals surface area contributed by atoms with Crippen LogP contribution in [0.15, 0.2) is 24.3 Å². The van der Waals surface area contributed by atoms with Gasteiger partial charge in [-0.2, -0.15) is 0 Å². The van der Waals surface area contributed by atoms with Crippen LogP contribution in [0, 0.1) is 5.41 Å². The summed E-state index contributed by atoms with van der Waals surface area (Å²) in [7, 11) is 0. The summed E-state index contributed by atoms with van der Waals surface area (Å²) in [4.78, 5) is 5.45. The van der Waals surface area contributed by atoms with Gasteiger partial charge in [0.15, 0.2) is 0 Å². The molecule has 0 radical (unpaired) electrons. The second-order valence-electron chi connectivity index (χ2n) is 13.7. The Hall–Kier alpha value is -1.75. The van der Waals surface area contributed by atoms with E-state index in [9.17, 15) is 5.11 Å². The van der Waals surface area contributed by atoms with E-state index < -0.39 is 6.10 Å². The van der Waals surface area contributed by atoms with Gasteiger partial charge in [0.25, 0.3) is 0 Å². The van der Waals surface area contributed by atoms with Gasteiger partial charge >= 0.3 is 0 Å². The van der Waals surface area contributed by atoms with Crippen molar-refractivity contribution in [3.05, 3.63) is 63.5 Å². The van der Waals surface area contributed by atoms with Crippen molar-refractivity contribution in [2.24, 2.45) is 5.41 Å². The van der Waals surface area contributed by atoms with Crippen molar-refractivity contribution in [2.45, 2.75) is 115 Å². The molecule has 1 aromatic heterocycles. The van der Waals surface area contributed by atoms with Crippen LogP contribution in [0.25, 0.3) is 0 Å². The van der Waals surface area contributed by atoms with Gasteiger partial charge in [0, 0.05) is 36.0 Å². The van der Waals surface area contributed by atoms with E-state index in [-0.39, 0.29) is 22.5 Å². The van der Waals surface area contributed by atoms with Gasteiger partial charge in [0.1, 0.15) is 6.10 Å². The third-order valence-electron chi connectivity index (χ3n) is 9.27. The molecule has 2 aliphatic carbocycles. The van der Waals surface area contributed by atoms with E-state index in [2.05, 4.69) is 58.9 Å². The maximum Gasteiger partial charge on any atom is 0.111 e. The highest BCUT2D eigenvalue weighted by Gasteiger charge is 2.53. The standard InChI is InChI=1S/C32H43NO3/c1-30(2,3)22-10-8-21(9-11-22)29-26-27(32(36-29)14-6-7-15-32)25-23(18-31(4,5)19-24(25)34)33-28(26)20-12-16-35-17-13-20/h8-11,20,24,29,34H,6-7,12-19H2,1-5H3. The Labute approximate surface area is 216 Å². The highest BCUT2D eigenvalue weighted by Crippen LogP contribution is 2.60. The normalized spacial score (nSPS) is 27.3. The molecule has 2 aliphatic heterocycles. The van der Waals surface area contributed by atoms with E-state index in [4.69, 9.17) is 14.5 Å². The topological polar surface area (TPSA) is 51.6 Å². The molecule has 1 saturated carbocycles. The predicted octanol–water partition coefficient (Wildman–Crippen LogP) is 7.17. The SMILES string of the molecule is CC1(C)Cc2nc(C3CCOCC3)c3c(c2C(O)C1)C1(CCCC1)OC3c1ccc(C(C)(C)C)cc1. The van der Waals surface area contributed by atoms with Crippen LogP contribution < -0.4 is 0 Å². The fourth-order valence-corrected chi connectivity index (χ4v) is 7.42. The van der Waals surface area contributed by atoms with Crippen molar-refractivity contribution in [1.82, 2.24) is 4.98 Å². The number of pyridine rings is 1. The number of aliphatic hydroxyl groups excluding tert-OH is 1. The zero-order valence-electron chi connectivity index (χ0n) is 22.8. The van der Waals surface area contributed by atoms with Crippen LogP contribution in [0.4, 0.5) is 0 Å². The lowest BCUT2D eigenvalue weighted by Gasteiger charge is -2.38. The van der Waals surface area contributed by atoms with Crippen molar-refractivity contribution >= 4 is 0 Å². The van der Waals surface area contributed by atoms with Gasteiger partial charge in [0.05, 0.1) is 17.4 Å². The highest BCUT2D eigenvalue weighted by molar-refractivity contribution is 5.55. The number of aromatic nitrogens is 1. The fraction of sp³-hybridized carbons (Fsp3) is 0.656. The van der Waals surface area contributed by atoms with Crippen molar-refractivity contribution in [3.8, 4) is 0 Å². The van der Waals surface area contributed by atoms with E-state index >= 15 is 0 Å². The number of aliphatic hydroxyl groups is 1. The summed E-state index contributed by atoms with van der Waals surface area (Å²) in [6.45, 7) is 12.9. The summed E-state index contributed by atoms with van der Waals surface area (Å²) in [5, 5.41) is 11.6. The summed E-state index contributed by atoms with van der Waals surface area (Å²) in [5.74, 6) is 0.386. The smallest absolute Gasteiger partial charge is 0.111 e. The Balaban J connectivity index is 1.57. The van der Waals surface area contributed by atoms with Crippen LogP contribution in [0.3, 0.4) is 0 Å². The van der Waals surface area contributed by atoms with Crippen LogP contribution in [0.5, 0.6) is 0 Å². The lowest BCUT2D eigenvalue weighted by atomic mass is 9.70. The summed E-state index contributed by atoms with van der Waals surface area (Å²) in [5.41, 5.74) is 8.48. The Kier molecular flexibility index (Phi) is 5.90. The first kappa shape index (κ1) is 24.6. The van der Waals surface area contributed by atoms with E-state index in [1.165, 1.54) is 40.8 Å². The number of nitrogens with zero attached hydrogens (tertiary/aromatic N) is 1. The Morgan fingerprint density at radius 3 is 2.28 bits per heavy atom. The zero-order chi connectivity index (χ0) is 25.3. The van der Waals surface area contributed by atoms with Gasteiger partial charge in [-0.25, -0.2) is 0 Å². The third-order valence-corrected chi connectivity index (χ3v) is 9.27. The van der Waals surface area contributed by atoms with Crippen molar-refractivity contribution < 1.29 is 14.6 Å². The molecule has 0 bridgehead atoms. The van der Waals surface area contributed by atoms with Crippen LogP contribution >= 0.6 is 0 Å². The fourth-order valence-electron chi connectivity index (χ4n) is 7.42. The number of fused-ring (bicyclic) bond motifs is 4. The molecule has 2 atom stereocenters. The van der Waals surface area contributed by atoms with E-state index in [0.717, 1.165) is 63.0 Å². The monoisotopic (exact) mass is 489 g/mol. The molecule has 1 N–H and O–H groups in total. The predicted molar refractivity (Wildman–Crippen MR) is 142 cm³/mol. The third kappa shape index (κ3) is 4.04. The van der Waals surface area contributed by atoms with Gasteiger partial charge < -0.3 is 14.6 Å². The number of hydrogen-bond acceptors (Lipinski definition) is 4. The molecule has 4 heteroatoms. The van der Waals surface area contributed by atoms with E-state index in [1.54, 1.807) is 0 Å². The molecule has 194 valence electrons. The number of hydrogen-bond donors (Lipinski definition) is 1. The minimum absolute atomic E-state index is 0.0467. The lowest BCUT2D eigenvalue weighted by Crippen LogP contribution is -2.32. The minimum Gasteiger partial charge on any atom is -0.388 e. The van der Waals surface area contributed by atoms with Gasteiger partial charge in [-0.05, 0) is 66.0 Å². The summed E-state index contributed by atoms with van der Waals surface area (Å²) < 4.78 is 13.0. The molecule has 2 aromatic rings. The molecular formula is C32H43NO3. The van der Waals surface area contributed by atoms with Crippen molar-refractivity contribution in [1.29, 1.82) is 0 Å². The van der Waals surface area contributed by atoms with Crippen LogP contribution in [0.1, 0.15) is 137 Å². The summed E-state index contributed by atoms with van der Waals surface area (Å²) in [6.07, 6.45) is 7.56.